The van der Waals surface area contributed by atoms with Crippen LogP contribution in [0.2, 0.25) is 0 Å². The van der Waals surface area contributed by atoms with Gasteiger partial charge in [0.2, 0.25) is 0 Å². The molecule has 2 aromatic rings. The average Bonchev–Trinajstić information content (AvgIpc) is 2.47. The Kier molecular flexibility index (Phi) is 4.47. The predicted octanol–water partition coefficient (Wildman–Crippen LogP) is 2.46. The number of pyridine rings is 1. The number of rotatable bonds is 3. The Morgan fingerprint density at radius 1 is 1.05 bits per heavy atom. The molecule has 1 heterocycles. The van der Waals surface area contributed by atoms with Crippen LogP contribution in [0, 0.1) is 0 Å². The third-order valence-electron chi connectivity index (χ3n) is 2.60. The lowest BCUT2D eigenvalue weighted by atomic mass is 10.2. The highest BCUT2D eigenvalue weighted by Crippen LogP contribution is 2.13. The summed E-state index contributed by atoms with van der Waals surface area (Å²) in [5, 5.41) is 5.27. The van der Waals surface area contributed by atoms with Crippen LogP contribution >= 0.6 is 15.9 Å². The SMILES string of the molecule is CNC(=O)c1ccc(NC(=O)c2cncc(Br)c2)cc1. The van der Waals surface area contributed by atoms with Gasteiger partial charge in [0.05, 0.1) is 5.56 Å². The Hall–Kier alpha value is -2.21. The van der Waals surface area contributed by atoms with E-state index in [2.05, 4.69) is 31.5 Å². The molecule has 0 radical (unpaired) electrons. The first-order chi connectivity index (χ1) is 9.60. The van der Waals surface area contributed by atoms with Gasteiger partial charge in [-0.05, 0) is 46.3 Å². The number of hydrogen-bond acceptors (Lipinski definition) is 3. The number of nitrogens with zero attached hydrogens (tertiary/aromatic N) is 1. The van der Waals surface area contributed by atoms with Crippen molar-refractivity contribution in [1.82, 2.24) is 10.3 Å². The predicted molar refractivity (Wildman–Crippen MR) is 79.7 cm³/mol. The topological polar surface area (TPSA) is 71.1 Å². The van der Waals surface area contributed by atoms with Crippen molar-refractivity contribution in [2.24, 2.45) is 0 Å². The third-order valence-corrected chi connectivity index (χ3v) is 3.03. The number of carbonyl (C=O) groups excluding carboxylic acids is 2. The summed E-state index contributed by atoms with van der Waals surface area (Å²) in [5.41, 5.74) is 1.60. The highest BCUT2D eigenvalue weighted by molar-refractivity contribution is 9.10. The van der Waals surface area contributed by atoms with Gasteiger partial charge in [-0.1, -0.05) is 0 Å². The second kappa shape index (κ2) is 6.29. The number of carbonyl (C=O) groups is 2. The molecule has 2 rings (SSSR count). The summed E-state index contributed by atoms with van der Waals surface area (Å²) >= 11 is 3.26. The minimum Gasteiger partial charge on any atom is -0.355 e. The molecule has 2 amide bonds. The van der Waals surface area contributed by atoms with E-state index < -0.39 is 0 Å². The van der Waals surface area contributed by atoms with Crippen molar-refractivity contribution in [3.8, 4) is 0 Å². The zero-order valence-electron chi connectivity index (χ0n) is 10.7. The molecule has 5 nitrogen and oxygen atoms in total. The fraction of sp³-hybridized carbons (Fsp3) is 0.0714. The van der Waals surface area contributed by atoms with Crippen molar-refractivity contribution < 1.29 is 9.59 Å². The fourth-order valence-electron chi connectivity index (χ4n) is 1.59. The number of anilines is 1. The van der Waals surface area contributed by atoms with Gasteiger partial charge in [-0.25, -0.2) is 0 Å². The lowest BCUT2D eigenvalue weighted by Gasteiger charge is -2.06. The normalized spacial score (nSPS) is 9.90. The second-order valence-electron chi connectivity index (χ2n) is 4.00. The van der Waals surface area contributed by atoms with Gasteiger partial charge in [0, 0.05) is 35.2 Å². The minimum absolute atomic E-state index is 0.168. The molecule has 0 fully saturated rings. The number of hydrogen-bond donors (Lipinski definition) is 2. The average molecular weight is 334 g/mol. The smallest absolute Gasteiger partial charge is 0.257 e. The number of aromatic nitrogens is 1. The monoisotopic (exact) mass is 333 g/mol. The van der Waals surface area contributed by atoms with E-state index >= 15 is 0 Å². The molecule has 0 aliphatic heterocycles. The highest BCUT2D eigenvalue weighted by Gasteiger charge is 2.08. The maximum Gasteiger partial charge on any atom is 0.257 e. The van der Waals surface area contributed by atoms with Crippen LogP contribution in [0.25, 0.3) is 0 Å². The van der Waals surface area contributed by atoms with Gasteiger partial charge in [-0.2, -0.15) is 0 Å². The summed E-state index contributed by atoms with van der Waals surface area (Å²) < 4.78 is 0.736. The molecule has 0 atom stereocenters. The number of benzene rings is 1. The van der Waals surface area contributed by atoms with Crippen LogP contribution in [0.4, 0.5) is 5.69 Å². The van der Waals surface area contributed by atoms with E-state index in [-0.39, 0.29) is 11.8 Å². The fourth-order valence-corrected chi connectivity index (χ4v) is 1.95. The Balaban J connectivity index is 2.10. The van der Waals surface area contributed by atoms with Crippen molar-refractivity contribution in [3.05, 3.63) is 58.3 Å². The van der Waals surface area contributed by atoms with E-state index in [0.717, 1.165) is 4.47 Å². The Bertz CT molecular complexity index is 641. The van der Waals surface area contributed by atoms with Gasteiger partial charge in [-0.3, -0.25) is 14.6 Å². The molecule has 6 heteroatoms. The maximum absolute atomic E-state index is 12.0. The van der Waals surface area contributed by atoms with Crippen LogP contribution in [-0.4, -0.2) is 23.8 Å². The zero-order chi connectivity index (χ0) is 14.5. The van der Waals surface area contributed by atoms with Crippen molar-refractivity contribution >= 4 is 33.4 Å². The molecule has 0 spiro atoms. The lowest BCUT2D eigenvalue weighted by Crippen LogP contribution is -2.17. The first kappa shape index (κ1) is 14.2. The largest absolute Gasteiger partial charge is 0.355 e. The molecule has 0 saturated heterocycles. The molecule has 0 aliphatic carbocycles. The van der Waals surface area contributed by atoms with Crippen LogP contribution in [0.3, 0.4) is 0 Å². The van der Waals surface area contributed by atoms with Gasteiger partial charge >= 0.3 is 0 Å². The molecule has 0 unspecified atom stereocenters. The molecule has 0 aliphatic rings. The molecule has 1 aromatic carbocycles. The van der Waals surface area contributed by atoms with Crippen molar-refractivity contribution in [2.45, 2.75) is 0 Å². The first-order valence-corrected chi connectivity index (χ1v) is 6.63. The number of halogens is 1. The number of amides is 2. The quantitative estimate of drug-likeness (QED) is 0.906. The molecular formula is C14H12BrN3O2. The summed E-state index contributed by atoms with van der Waals surface area (Å²) in [6, 6.07) is 8.32. The van der Waals surface area contributed by atoms with E-state index in [0.29, 0.717) is 16.8 Å². The van der Waals surface area contributed by atoms with E-state index in [9.17, 15) is 9.59 Å². The van der Waals surface area contributed by atoms with Crippen molar-refractivity contribution in [1.29, 1.82) is 0 Å². The molecule has 0 bridgehead atoms. The third kappa shape index (κ3) is 3.42. The summed E-state index contributed by atoms with van der Waals surface area (Å²) in [4.78, 5) is 27.3. The Morgan fingerprint density at radius 3 is 2.35 bits per heavy atom. The van der Waals surface area contributed by atoms with Crippen LogP contribution in [0.1, 0.15) is 20.7 Å². The van der Waals surface area contributed by atoms with Crippen molar-refractivity contribution in [2.75, 3.05) is 12.4 Å². The van der Waals surface area contributed by atoms with Crippen LogP contribution in [0.15, 0.2) is 47.2 Å². The van der Waals surface area contributed by atoms with Gasteiger partial charge in [-0.15, -0.1) is 0 Å². The summed E-state index contributed by atoms with van der Waals surface area (Å²) in [6.07, 6.45) is 3.09. The van der Waals surface area contributed by atoms with E-state index in [4.69, 9.17) is 0 Å². The summed E-state index contributed by atoms with van der Waals surface area (Å²) in [6.45, 7) is 0. The molecule has 20 heavy (non-hydrogen) atoms. The maximum atomic E-state index is 12.0. The standard InChI is InChI=1S/C14H12BrN3O2/c1-16-13(19)9-2-4-12(5-3-9)18-14(20)10-6-11(15)8-17-7-10/h2-8H,1H3,(H,16,19)(H,18,20). The van der Waals surface area contributed by atoms with Crippen LogP contribution in [-0.2, 0) is 0 Å². The molecular weight excluding hydrogens is 322 g/mol. The van der Waals surface area contributed by atoms with E-state index in [1.54, 1.807) is 43.6 Å². The van der Waals surface area contributed by atoms with Crippen molar-refractivity contribution in [3.63, 3.8) is 0 Å². The Morgan fingerprint density at radius 2 is 1.75 bits per heavy atom. The number of nitrogens with one attached hydrogen (secondary N) is 2. The second-order valence-corrected chi connectivity index (χ2v) is 4.92. The molecule has 2 N–H and O–H groups in total. The zero-order valence-corrected chi connectivity index (χ0v) is 12.3. The first-order valence-electron chi connectivity index (χ1n) is 5.84. The summed E-state index contributed by atoms with van der Waals surface area (Å²) in [5.74, 6) is -0.425. The molecule has 0 saturated carbocycles. The van der Waals surface area contributed by atoms with E-state index in [1.807, 2.05) is 0 Å². The summed E-state index contributed by atoms with van der Waals surface area (Å²) in [7, 11) is 1.57. The van der Waals surface area contributed by atoms with Gasteiger partial charge < -0.3 is 10.6 Å². The van der Waals surface area contributed by atoms with Crippen LogP contribution in [0.5, 0.6) is 0 Å². The van der Waals surface area contributed by atoms with E-state index in [1.165, 1.54) is 6.20 Å². The minimum atomic E-state index is -0.258. The van der Waals surface area contributed by atoms with Crippen LogP contribution < -0.4 is 10.6 Å². The van der Waals surface area contributed by atoms with Gasteiger partial charge in [0.15, 0.2) is 0 Å². The highest BCUT2D eigenvalue weighted by atomic mass is 79.9. The molecule has 102 valence electrons. The van der Waals surface area contributed by atoms with Gasteiger partial charge in [0.1, 0.15) is 0 Å². The molecule has 1 aromatic heterocycles. The lowest BCUT2D eigenvalue weighted by molar-refractivity contribution is 0.0962. The van der Waals surface area contributed by atoms with Gasteiger partial charge in [0.25, 0.3) is 11.8 Å². The Labute approximate surface area is 124 Å².